The zero-order valence-electron chi connectivity index (χ0n) is 10.2. The Labute approximate surface area is 123 Å². The molecular weight excluding hydrogens is 291 g/mol. The minimum Gasteiger partial charge on any atom is -0.380 e. The molecule has 1 aromatic rings. The van der Waals surface area contributed by atoms with Crippen molar-refractivity contribution in [3.05, 3.63) is 34.9 Å². The molecule has 1 aliphatic rings. The lowest BCUT2D eigenvalue weighted by Crippen LogP contribution is -2.36. The Morgan fingerprint density at radius 3 is 2.22 bits per heavy atom. The number of benzene rings is 1. The minimum absolute atomic E-state index is 0.317. The van der Waals surface area contributed by atoms with Gasteiger partial charge in [-0.15, -0.1) is 23.2 Å². The van der Waals surface area contributed by atoms with Crippen molar-refractivity contribution in [2.75, 3.05) is 25.0 Å². The number of halogens is 3. The van der Waals surface area contributed by atoms with Gasteiger partial charge in [0.15, 0.2) is 0 Å². The van der Waals surface area contributed by atoms with E-state index in [0.717, 1.165) is 23.1 Å². The van der Waals surface area contributed by atoms with E-state index in [0.29, 0.717) is 18.4 Å². The molecule has 1 saturated carbocycles. The number of hydrogen-bond donors (Lipinski definition) is 0. The highest BCUT2D eigenvalue weighted by molar-refractivity contribution is 6.30. The molecule has 1 aliphatic carbocycles. The fourth-order valence-corrected chi connectivity index (χ4v) is 2.73. The number of rotatable bonds is 7. The lowest BCUT2D eigenvalue weighted by Gasteiger charge is -2.30. The van der Waals surface area contributed by atoms with Crippen molar-refractivity contribution in [2.24, 2.45) is 5.92 Å². The highest BCUT2D eigenvalue weighted by Crippen LogP contribution is 2.32. The van der Waals surface area contributed by atoms with Crippen LogP contribution in [0.25, 0.3) is 0 Å². The molecule has 0 unspecified atom stereocenters. The molecule has 1 fully saturated rings. The highest BCUT2D eigenvalue weighted by atomic mass is 35.5. The predicted molar refractivity (Wildman–Crippen MR) is 78.1 cm³/mol. The maximum Gasteiger partial charge on any atom is 0.0586 e. The topological polar surface area (TPSA) is 9.23 Å². The molecule has 0 amide bonds. The van der Waals surface area contributed by atoms with Gasteiger partial charge in [-0.2, -0.15) is 0 Å². The molecule has 0 atom stereocenters. The first kappa shape index (κ1) is 14.5. The first-order valence-corrected chi connectivity index (χ1v) is 7.60. The van der Waals surface area contributed by atoms with Gasteiger partial charge in [0, 0.05) is 28.8 Å². The van der Waals surface area contributed by atoms with Gasteiger partial charge in [-0.3, -0.25) is 0 Å². The van der Waals surface area contributed by atoms with Gasteiger partial charge in [-0.05, 0) is 36.5 Å². The predicted octanol–water partition coefficient (Wildman–Crippen LogP) is 4.48. The molecule has 0 aliphatic heterocycles. The van der Waals surface area contributed by atoms with Crippen LogP contribution < -0.4 is 0 Å². The highest BCUT2D eigenvalue weighted by Gasteiger charge is 2.32. The normalized spacial score (nSPS) is 15.9. The third kappa shape index (κ3) is 3.54. The van der Waals surface area contributed by atoms with Gasteiger partial charge < -0.3 is 4.74 Å². The van der Waals surface area contributed by atoms with Gasteiger partial charge in [0.1, 0.15) is 0 Å². The molecule has 0 bridgehead atoms. The maximum absolute atomic E-state index is 6.13. The second-order valence-electron chi connectivity index (χ2n) is 5.01. The molecular formula is C14H17Cl3O. The Kier molecular flexibility index (Phi) is 5.20. The first-order valence-electron chi connectivity index (χ1n) is 6.16. The fraction of sp³-hybridized carbons (Fsp3) is 0.571. The molecule has 2 rings (SSSR count). The number of ether oxygens (including phenoxy) is 1. The van der Waals surface area contributed by atoms with Gasteiger partial charge in [0.05, 0.1) is 6.61 Å². The summed E-state index contributed by atoms with van der Waals surface area (Å²) in [5.74, 6) is 1.64. The quantitative estimate of drug-likeness (QED) is 0.675. The Morgan fingerprint density at radius 1 is 1.11 bits per heavy atom. The van der Waals surface area contributed by atoms with Crippen molar-refractivity contribution in [1.82, 2.24) is 0 Å². The van der Waals surface area contributed by atoms with Crippen molar-refractivity contribution >= 4 is 34.8 Å². The minimum atomic E-state index is -0.317. The summed E-state index contributed by atoms with van der Waals surface area (Å²) >= 11 is 18.2. The number of hydrogen-bond acceptors (Lipinski definition) is 1. The average molecular weight is 308 g/mol. The molecule has 1 aromatic carbocycles. The van der Waals surface area contributed by atoms with Crippen molar-refractivity contribution in [3.63, 3.8) is 0 Å². The van der Waals surface area contributed by atoms with Crippen LogP contribution in [0.5, 0.6) is 0 Å². The fourth-order valence-electron chi connectivity index (χ4n) is 1.86. The van der Waals surface area contributed by atoms with Crippen molar-refractivity contribution in [3.8, 4) is 0 Å². The third-order valence-corrected chi connectivity index (χ3v) is 4.67. The second kappa shape index (κ2) is 6.47. The molecule has 100 valence electrons. The molecule has 0 aromatic heterocycles. The third-order valence-electron chi connectivity index (χ3n) is 3.40. The smallest absolute Gasteiger partial charge is 0.0586 e. The Bertz CT molecular complexity index is 369. The molecule has 0 radical (unpaired) electrons. The van der Waals surface area contributed by atoms with E-state index in [4.69, 9.17) is 39.5 Å². The Hall–Kier alpha value is 0.0500. The average Bonchev–Trinajstić information content (AvgIpc) is 3.20. The largest absolute Gasteiger partial charge is 0.380 e. The van der Waals surface area contributed by atoms with E-state index in [1.807, 2.05) is 24.3 Å². The molecule has 0 N–H and O–H groups in total. The lowest BCUT2D eigenvalue weighted by atomic mass is 9.85. The summed E-state index contributed by atoms with van der Waals surface area (Å²) < 4.78 is 5.79. The molecule has 18 heavy (non-hydrogen) atoms. The monoisotopic (exact) mass is 306 g/mol. The van der Waals surface area contributed by atoms with E-state index >= 15 is 0 Å². The van der Waals surface area contributed by atoms with Crippen LogP contribution in [0.4, 0.5) is 0 Å². The van der Waals surface area contributed by atoms with Gasteiger partial charge in [-0.25, -0.2) is 0 Å². The van der Waals surface area contributed by atoms with E-state index in [1.54, 1.807) is 0 Å². The molecule has 1 nitrogen and oxygen atoms in total. The van der Waals surface area contributed by atoms with Crippen LogP contribution in [-0.4, -0.2) is 25.0 Å². The van der Waals surface area contributed by atoms with Crippen LogP contribution in [0.15, 0.2) is 24.3 Å². The van der Waals surface area contributed by atoms with Gasteiger partial charge >= 0.3 is 0 Å². The van der Waals surface area contributed by atoms with Crippen LogP contribution in [0, 0.1) is 5.92 Å². The summed E-state index contributed by atoms with van der Waals surface area (Å²) in [5, 5.41) is 0.718. The summed E-state index contributed by atoms with van der Waals surface area (Å²) in [4.78, 5) is 0. The van der Waals surface area contributed by atoms with Crippen LogP contribution in [0.3, 0.4) is 0 Å². The van der Waals surface area contributed by atoms with E-state index in [2.05, 4.69) is 0 Å². The zero-order chi connectivity index (χ0) is 13.0. The summed E-state index contributed by atoms with van der Waals surface area (Å²) in [6.07, 6.45) is 2.57. The summed E-state index contributed by atoms with van der Waals surface area (Å²) in [5.41, 5.74) is 0.774. The van der Waals surface area contributed by atoms with Crippen LogP contribution in [0.1, 0.15) is 18.4 Å². The van der Waals surface area contributed by atoms with Crippen LogP contribution in [0.2, 0.25) is 5.02 Å². The van der Waals surface area contributed by atoms with Gasteiger partial charge in [0.2, 0.25) is 0 Å². The Balaban J connectivity index is 2.05. The lowest BCUT2D eigenvalue weighted by molar-refractivity contribution is 0.0889. The second-order valence-corrected chi connectivity index (χ2v) is 5.98. The van der Waals surface area contributed by atoms with Crippen LogP contribution in [-0.2, 0) is 10.2 Å². The van der Waals surface area contributed by atoms with E-state index in [-0.39, 0.29) is 5.41 Å². The summed E-state index contributed by atoms with van der Waals surface area (Å²) in [6, 6.07) is 7.69. The summed E-state index contributed by atoms with van der Waals surface area (Å²) in [6.45, 7) is 1.39. The van der Waals surface area contributed by atoms with E-state index < -0.39 is 0 Å². The first-order chi connectivity index (χ1) is 8.70. The van der Waals surface area contributed by atoms with E-state index in [9.17, 15) is 0 Å². The maximum atomic E-state index is 6.13. The Morgan fingerprint density at radius 2 is 1.72 bits per heavy atom. The standard InChI is InChI=1S/C14H17Cl3O/c15-8-14(9-16,10-18-7-11-1-2-11)12-3-5-13(17)6-4-12/h3-6,11H,1-2,7-10H2. The molecule has 0 saturated heterocycles. The van der Waals surface area contributed by atoms with Gasteiger partial charge in [-0.1, -0.05) is 23.7 Å². The molecule has 0 spiro atoms. The summed E-state index contributed by atoms with van der Waals surface area (Å²) in [7, 11) is 0. The van der Waals surface area contributed by atoms with Crippen molar-refractivity contribution in [1.29, 1.82) is 0 Å². The van der Waals surface area contributed by atoms with Gasteiger partial charge in [0.25, 0.3) is 0 Å². The number of alkyl halides is 2. The van der Waals surface area contributed by atoms with Crippen molar-refractivity contribution < 1.29 is 4.74 Å². The van der Waals surface area contributed by atoms with E-state index in [1.165, 1.54) is 12.8 Å². The molecule has 4 heteroatoms. The SMILES string of the molecule is ClCC(CCl)(COCC1CC1)c1ccc(Cl)cc1. The van der Waals surface area contributed by atoms with Crippen molar-refractivity contribution in [2.45, 2.75) is 18.3 Å². The zero-order valence-corrected chi connectivity index (χ0v) is 12.4. The molecule has 0 heterocycles. The van der Waals surface area contributed by atoms with Crippen LogP contribution >= 0.6 is 34.8 Å².